The van der Waals surface area contributed by atoms with Crippen LogP contribution in [-0.4, -0.2) is 67.9 Å². The molecule has 1 aromatic rings. The Morgan fingerprint density at radius 2 is 2.00 bits per heavy atom. The molecule has 1 saturated heterocycles. The van der Waals surface area contributed by atoms with Gasteiger partial charge in [-0.15, -0.1) is 0 Å². The number of methoxy groups -OCH3 is 1. The van der Waals surface area contributed by atoms with Gasteiger partial charge in [0.1, 0.15) is 12.3 Å². The standard InChI is InChI=1S/C19H22N2O7S/c1-3-27-17(23)12-28-14-7-5-4-6-13(14)10-15-18(24)21(19(25)29-15)11-16(22)20-8-9-26-2/h4-7,10H,3,8-9,11-12H2,1-2H3,(H,20,22)/b15-10-. The van der Waals surface area contributed by atoms with E-state index in [4.69, 9.17) is 14.2 Å². The minimum absolute atomic E-state index is 0.159. The molecule has 2 rings (SSSR count). The van der Waals surface area contributed by atoms with Gasteiger partial charge in [-0.3, -0.25) is 19.3 Å². The second-order valence-corrected chi connectivity index (χ2v) is 6.74. The molecule has 10 heteroatoms. The third-order valence-corrected chi connectivity index (χ3v) is 4.57. The van der Waals surface area contributed by atoms with Gasteiger partial charge in [-0.1, -0.05) is 18.2 Å². The van der Waals surface area contributed by atoms with Crippen LogP contribution in [0.5, 0.6) is 5.75 Å². The minimum atomic E-state index is -0.568. The van der Waals surface area contributed by atoms with Crippen LogP contribution in [0.1, 0.15) is 12.5 Å². The van der Waals surface area contributed by atoms with Crippen molar-refractivity contribution in [1.29, 1.82) is 0 Å². The van der Waals surface area contributed by atoms with E-state index in [-0.39, 0.29) is 31.2 Å². The van der Waals surface area contributed by atoms with E-state index >= 15 is 0 Å². The van der Waals surface area contributed by atoms with E-state index < -0.39 is 23.0 Å². The fourth-order valence-corrected chi connectivity index (χ4v) is 3.17. The first-order valence-electron chi connectivity index (χ1n) is 8.84. The quantitative estimate of drug-likeness (QED) is 0.342. The number of rotatable bonds is 10. The highest BCUT2D eigenvalue weighted by Crippen LogP contribution is 2.33. The van der Waals surface area contributed by atoms with E-state index in [1.807, 2.05) is 0 Å². The van der Waals surface area contributed by atoms with E-state index in [2.05, 4.69) is 5.32 Å². The second kappa shape index (κ2) is 11.2. The number of esters is 1. The van der Waals surface area contributed by atoms with Gasteiger partial charge in [-0.2, -0.15) is 0 Å². The molecule has 0 aromatic heterocycles. The lowest BCUT2D eigenvalue weighted by molar-refractivity contribution is -0.145. The third-order valence-electron chi connectivity index (χ3n) is 3.66. The van der Waals surface area contributed by atoms with Gasteiger partial charge in [0, 0.05) is 19.2 Å². The zero-order valence-corrected chi connectivity index (χ0v) is 17.0. The van der Waals surface area contributed by atoms with Crippen molar-refractivity contribution in [2.45, 2.75) is 6.92 Å². The molecule has 9 nitrogen and oxygen atoms in total. The van der Waals surface area contributed by atoms with Crippen molar-refractivity contribution >= 4 is 40.9 Å². The summed E-state index contributed by atoms with van der Waals surface area (Å²) >= 11 is 0.735. The molecule has 1 heterocycles. The van der Waals surface area contributed by atoms with Crippen LogP contribution in [0, 0.1) is 0 Å². The SMILES string of the molecule is CCOC(=O)COc1ccccc1/C=C1\SC(=O)N(CC(=O)NCCOC)C1=O. The van der Waals surface area contributed by atoms with Gasteiger partial charge in [-0.05, 0) is 30.8 Å². The average Bonchev–Trinajstić information content (AvgIpc) is 2.95. The number of hydrogen-bond acceptors (Lipinski definition) is 8. The predicted molar refractivity (Wildman–Crippen MR) is 106 cm³/mol. The number of imide groups is 1. The molecule has 0 radical (unpaired) electrons. The van der Waals surface area contributed by atoms with E-state index in [0.29, 0.717) is 17.9 Å². The summed E-state index contributed by atoms with van der Waals surface area (Å²) in [5.41, 5.74) is 0.520. The van der Waals surface area contributed by atoms with Gasteiger partial charge in [-0.25, -0.2) is 4.79 Å². The number of hydrogen-bond donors (Lipinski definition) is 1. The second-order valence-electron chi connectivity index (χ2n) is 5.74. The maximum atomic E-state index is 12.5. The van der Waals surface area contributed by atoms with Gasteiger partial charge in [0.25, 0.3) is 11.1 Å². The van der Waals surface area contributed by atoms with Crippen molar-refractivity contribution in [3.8, 4) is 5.75 Å². The number of amides is 3. The van der Waals surface area contributed by atoms with E-state index in [0.717, 1.165) is 16.7 Å². The zero-order valence-electron chi connectivity index (χ0n) is 16.1. The lowest BCUT2D eigenvalue weighted by Gasteiger charge is -2.12. The molecular weight excluding hydrogens is 400 g/mol. The van der Waals surface area contributed by atoms with Gasteiger partial charge >= 0.3 is 5.97 Å². The van der Waals surface area contributed by atoms with Crippen LogP contribution in [0.3, 0.4) is 0 Å². The molecule has 0 bridgehead atoms. The number of carbonyl (C=O) groups is 4. The van der Waals surface area contributed by atoms with E-state index in [1.54, 1.807) is 31.2 Å². The molecule has 156 valence electrons. The summed E-state index contributed by atoms with van der Waals surface area (Å²) < 4.78 is 15.1. The Morgan fingerprint density at radius 3 is 2.72 bits per heavy atom. The number of ether oxygens (including phenoxy) is 3. The Labute approximate surface area is 172 Å². The fourth-order valence-electron chi connectivity index (χ4n) is 2.34. The van der Waals surface area contributed by atoms with Crippen LogP contribution in [-0.2, 0) is 23.9 Å². The normalized spacial score (nSPS) is 15.0. The fraction of sp³-hybridized carbons (Fsp3) is 0.368. The molecule has 0 atom stereocenters. The molecule has 29 heavy (non-hydrogen) atoms. The zero-order chi connectivity index (χ0) is 21.2. The van der Waals surface area contributed by atoms with Crippen LogP contribution in [0.2, 0.25) is 0 Å². The van der Waals surface area contributed by atoms with Gasteiger partial charge < -0.3 is 19.5 Å². The highest BCUT2D eigenvalue weighted by molar-refractivity contribution is 8.18. The summed E-state index contributed by atoms with van der Waals surface area (Å²) in [5.74, 6) is -1.17. The van der Waals surface area contributed by atoms with E-state index in [1.165, 1.54) is 13.2 Å². The van der Waals surface area contributed by atoms with Crippen LogP contribution in [0.15, 0.2) is 29.2 Å². The van der Waals surface area contributed by atoms with Crippen LogP contribution >= 0.6 is 11.8 Å². The number of carbonyl (C=O) groups excluding carboxylic acids is 4. The third kappa shape index (κ3) is 6.61. The lowest BCUT2D eigenvalue weighted by atomic mass is 10.2. The number of benzene rings is 1. The Bertz CT molecular complexity index is 810. The molecule has 0 spiro atoms. The van der Waals surface area contributed by atoms with Crippen molar-refractivity contribution in [2.24, 2.45) is 0 Å². The number of thioether (sulfide) groups is 1. The number of nitrogens with zero attached hydrogens (tertiary/aromatic N) is 1. The molecule has 0 unspecified atom stereocenters. The Morgan fingerprint density at radius 1 is 1.24 bits per heavy atom. The Hall–Kier alpha value is -2.85. The predicted octanol–water partition coefficient (Wildman–Crippen LogP) is 1.43. The van der Waals surface area contributed by atoms with Crippen LogP contribution in [0.25, 0.3) is 6.08 Å². The summed E-state index contributed by atoms with van der Waals surface area (Å²) in [4.78, 5) is 49.1. The first kappa shape index (κ1) is 22.4. The van der Waals surface area contributed by atoms with Gasteiger partial charge in [0.2, 0.25) is 5.91 Å². The molecule has 1 N–H and O–H groups in total. The first-order chi connectivity index (χ1) is 14.0. The minimum Gasteiger partial charge on any atom is -0.481 e. The van der Waals surface area contributed by atoms with Crippen molar-refractivity contribution in [3.05, 3.63) is 34.7 Å². The molecule has 1 aliphatic rings. The summed E-state index contributed by atoms with van der Waals surface area (Å²) in [5, 5.41) is 2.03. The molecule has 0 aliphatic carbocycles. The van der Waals surface area contributed by atoms with Crippen molar-refractivity contribution in [3.63, 3.8) is 0 Å². The molecule has 1 aliphatic heterocycles. The number of nitrogens with one attached hydrogen (secondary N) is 1. The average molecular weight is 422 g/mol. The maximum Gasteiger partial charge on any atom is 0.344 e. The highest BCUT2D eigenvalue weighted by Gasteiger charge is 2.36. The van der Waals surface area contributed by atoms with E-state index in [9.17, 15) is 19.2 Å². The molecule has 0 saturated carbocycles. The highest BCUT2D eigenvalue weighted by atomic mass is 32.2. The van der Waals surface area contributed by atoms with Crippen LogP contribution in [0.4, 0.5) is 4.79 Å². The summed E-state index contributed by atoms with van der Waals surface area (Å²) in [7, 11) is 1.50. The van der Waals surface area contributed by atoms with Crippen LogP contribution < -0.4 is 10.1 Å². The van der Waals surface area contributed by atoms with Crippen molar-refractivity contribution in [2.75, 3.05) is 40.0 Å². The summed E-state index contributed by atoms with van der Waals surface area (Å²) in [6.45, 7) is 1.91. The summed E-state index contributed by atoms with van der Waals surface area (Å²) in [6, 6.07) is 6.77. The smallest absolute Gasteiger partial charge is 0.344 e. The molecular formula is C19H22N2O7S. The topological polar surface area (TPSA) is 111 Å². The molecule has 1 fully saturated rings. The van der Waals surface area contributed by atoms with Gasteiger partial charge in [0.05, 0.1) is 18.1 Å². The lowest BCUT2D eigenvalue weighted by Crippen LogP contribution is -2.40. The number of para-hydroxylation sites is 1. The Balaban J connectivity index is 2.07. The maximum absolute atomic E-state index is 12.5. The Kier molecular flexibility index (Phi) is 8.68. The summed E-state index contributed by atoms with van der Waals surface area (Å²) in [6.07, 6.45) is 1.49. The first-order valence-corrected chi connectivity index (χ1v) is 9.66. The molecule has 1 aromatic carbocycles. The largest absolute Gasteiger partial charge is 0.481 e. The van der Waals surface area contributed by atoms with Gasteiger partial charge in [0.15, 0.2) is 6.61 Å². The van der Waals surface area contributed by atoms with Crippen molar-refractivity contribution < 1.29 is 33.4 Å². The molecule has 3 amide bonds. The monoisotopic (exact) mass is 422 g/mol. The van der Waals surface area contributed by atoms with Crippen molar-refractivity contribution in [1.82, 2.24) is 10.2 Å².